The maximum Gasteiger partial charge on any atom is 0.317 e. The van der Waals surface area contributed by atoms with Gasteiger partial charge < -0.3 is 19.7 Å². The lowest BCUT2D eigenvalue weighted by Gasteiger charge is -2.27. The Kier molecular flexibility index (Phi) is 6.11. The van der Waals surface area contributed by atoms with E-state index in [1.807, 2.05) is 59.4 Å². The van der Waals surface area contributed by atoms with Crippen LogP contribution in [0.5, 0.6) is 11.5 Å². The monoisotopic (exact) mass is 420 g/mol. The van der Waals surface area contributed by atoms with Gasteiger partial charge in [0.2, 0.25) is 0 Å². The first-order chi connectivity index (χ1) is 15.0. The van der Waals surface area contributed by atoms with Crippen molar-refractivity contribution in [3.05, 3.63) is 72.1 Å². The second-order valence-corrected chi connectivity index (χ2v) is 8.06. The van der Waals surface area contributed by atoms with Crippen LogP contribution in [-0.2, 0) is 6.54 Å². The van der Waals surface area contributed by atoms with Gasteiger partial charge in [-0.25, -0.2) is 9.48 Å². The molecule has 0 fully saturated rings. The number of carbonyl (C=O) groups is 1. The van der Waals surface area contributed by atoms with Gasteiger partial charge in [-0.1, -0.05) is 38.1 Å². The molecular formula is C24H28N4O3. The van der Waals surface area contributed by atoms with E-state index in [9.17, 15) is 4.79 Å². The highest BCUT2D eigenvalue weighted by Gasteiger charge is 2.23. The van der Waals surface area contributed by atoms with Crippen molar-refractivity contribution in [3.8, 4) is 17.2 Å². The van der Waals surface area contributed by atoms with Crippen LogP contribution in [0, 0.1) is 5.92 Å². The molecule has 1 atom stereocenters. The van der Waals surface area contributed by atoms with E-state index in [0.717, 1.165) is 28.3 Å². The number of rotatable bonds is 6. The number of urea groups is 1. The molecule has 0 unspecified atom stereocenters. The zero-order chi connectivity index (χ0) is 21.8. The Morgan fingerprint density at radius 1 is 1.13 bits per heavy atom. The number of carbonyl (C=O) groups excluding carboxylic acids is 1. The quantitative estimate of drug-likeness (QED) is 0.650. The molecule has 0 saturated heterocycles. The van der Waals surface area contributed by atoms with E-state index in [0.29, 0.717) is 19.8 Å². The number of ether oxygens (including phenoxy) is 2. The molecular weight excluding hydrogens is 392 g/mol. The maximum absolute atomic E-state index is 12.9. The molecule has 1 N–H and O–H groups in total. The predicted octanol–water partition coefficient (Wildman–Crippen LogP) is 4.18. The third-order valence-electron chi connectivity index (χ3n) is 5.29. The zero-order valence-corrected chi connectivity index (χ0v) is 18.1. The van der Waals surface area contributed by atoms with Crippen LogP contribution in [0.4, 0.5) is 4.79 Å². The summed E-state index contributed by atoms with van der Waals surface area (Å²) in [5.41, 5.74) is 2.94. The van der Waals surface area contributed by atoms with Gasteiger partial charge in [0.05, 0.1) is 24.5 Å². The molecule has 31 heavy (non-hydrogen) atoms. The highest BCUT2D eigenvalue weighted by Crippen LogP contribution is 2.34. The van der Waals surface area contributed by atoms with Gasteiger partial charge in [0.15, 0.2) is 11.5 Å². The van der Waals surface area contributed by atoms with E-state index in [4.69, 9.17) is 9.47 Å². The SMILES string of the molecule is CC(C)[C@@H](NC(=O)N(C)Cc1cnn(-c2ccccc2)c1)c1ccc2c(c1)OCCO2. The second-order valence-electron chi connectivity index (χ2n) is 8.06. The van der Waals surface area contributed by atoms with Crippen LogP contribution in [-0.4, -0.2) is 41.0 Å². The molecule has 0 bridgehead atoms. The van der Waals surface area contributed by atoms with Crippen LogP contribution in [0.2, 0.25) is 0 Å². The second kappa shape index (κ2) is 9.12. The third-order valence-corrected chi connectivity index (χ3v) is 5.29. The number of hydrogen-bond acceptors (Lipinski definition) is 4. The third kappa shape index (κ3) is 4.82. The summed E-state index contributed by atoms with van der Waals surface area (Å²) >= 11 is 0. The molecule has 0 saturated carbocycles. The molecule has 3 aromatic rings. The van der Waals surface area contributed by atoms with Crippen LogP contribution < -0.4 is 14.8 Å². The summed E-state index contributed by atoms with van der Waals surface area (Å²) in [4.78, 5) is 14.6. The van der Waals surface area contributed by atoms with Gasteiger partial charge in [-0.3, -0.25) is 0 Å². The first-order valence-electron chi connectivity index (χ1n) is 10.5. The molecule has 2 heterocycles. The van der Waals surface area contributed by atoms with Crippen molar-refractivity contribution in [2.75, 3.05) is 20.3 Å². The molecule has 1 aliphatic heterocycles. The maximum atomic E-state index is 12.9. The van der Waals surface area contributed by atoms with E-state index in [2.05, 4.69) is 24.3 Å². The zero-order valence-electron chi connectivity index (χ0n) is 18.1. The topological polar surface area (TPSA) is 68.6 Å². The van der Waals surface area contributed by atoms with Crippen molar-refractivity contribution < 1.29 is 14.3 Å². The van der Waals surface area contributed by atoms with Crippen molar-refractivity contribution in [1.29, 1.82) is 0 Å². The van der Waals surface area contributed by atoms with E-state index in [-0.39, 0.29) is 18.0 Å². The summed E-state index contributed by atoms with van der Waals surface area (Å²) in [6.45, 7) is 5.73. The van der Waals surface area contributed by atoms with Crippen LogP contribution in [0.15, 0.2) is 60.9 Å². The fraction of sp³-hybridized carbons (Fsp3) is 0.333. The van der Waals surface area contributed by atoms with Crippen LogP contribution in [0.1, 0.15) is 31.0 Å². The number of aromatic nitrogens is 2. The predicted molar refractivity (Wildman–Crippen MR) is 119 cm³/mol. The van der Waals surface area contributed by atoms with Gasteiger partial charge in [0.25, 0.3) is 0 Å². The average molecular weight is 421 g/mol. The molecule has 0 aliphatic carbocycles. The Hall–Kier alpha value is -3.48. The summed E-state index contributed by atoms with van der Waals surface area (Å²) in [6, 6.07) is 15.5. The molecule has 7 nitrogen and oxygen atoms in total. The van der Waals surface area contributed by atoms with E-state index < -0.39 is 0 Å². The largest absolute Gasteiger partial charge is 0.486 e. The Morgan fingerprint density at radius 3 is 2.61 bits per heavy atom. The summed E-state index contributed by atoms with van der Waals surface area (Å²) in [5.74, 6) is 1.68. The fourth-order valence-electron chi connectivity index (χ4n) is 3.64. The van der Waals surface area contributed by atoms with Gasteiger partial charge >= 0.3 is 6.03 Å². The van der Waals surface area contributed by atoms with Crippen molar-refractivity contribution >= 4 is 6.03 Å². The highest BCUT2D eigenvalue weighted by molar-refractivity contribution is 5.74. The number of nitrogens with one attached hydrogen (secondary N) is 1. The molecule has 7 heteroatoms. The Bertz CT molecular complexity index is 1030. The van der Waals surface area contributed by atoms with Gasteiger partial charge in [-0.05, 0) is 35.7 Å². The molecule has 162 valence electrons. The number of hydrogen-bond donors (Lipinski definition) is 1. The minimum absolute atomic E-state index is 0.138. The van der Waals surface area contributed by atoms with Gasteiger partial charge in [-0.2, -0.15) is 5.10 Å². The number of fused-ring (bicyclic) bond motifs is 1. The van der Waals surface area contributed by atoms with Gasteiger partial charge in [0, 0.05) is 18.8 Å². The smallest absolute Gasteiger partial charge is 0.317 e. The van der Waals surface area contributed by atoms with Crippen LogP contribution >= 0.6 is 0 Å². The minimum atomic E-state index is -0.141. The molecule has 1 aliphatic rings. The lowest BCUT2D eigenvalue weighted by molar-refractivity contribution is 0.171. The standard InChI is InChI=1S/C24H28N4O3/c1-17(2)23(19-9-10-21-22(13-19)31-12-11-30-21)26-24(29)27(3)15-18-14-25-28(16-18)20-7-5-4-6-8-20/h4-10,13-14,16-17,23H,11-12,15H2,1-3H3,(H,26,29)/t23-/m1/s1. The van der Waals surface area contributed by atoms with Crippen molar-refractivity contribution in [2.24, 2.45) is 5.92 Å². The number of nitrogens with zero attached hydrogens (tertiary/aromatic N) is 3. The van der Waals surface area contributed by atoms with E-state index in [1.54, 1.807) is 18.1 Å². The lowest BCUT2D eigenvalue weighted by atomic mass is 9.95. The van der Waals surface area contributed by atoms with Crippen LogP contribution in [0.25, 0.3) is 5.69 Å². The lowest BCUT2D eigenvalue weighted by Crippen LogP contribution is -2.40. The van der Waals surface area contributed by atoms with Crippen molar-refractivity contribution in [1.82, 2.24) is 20.0 Å². The summed E-state index contributed by atoms with van der Waals surface area (Å²) < 4.78 is 13.1. The normalized spacial score (nSPS) is 13.7. The van der Waals surface area contributed by atoms with Gasteiger partial charge in [-0.15, -0.1) is 0 Å². The minimum Gasteiger partial charge on any atom is -0.486 e. The highest BCUT2D eigenvalue weighted by atomic mass is 16.6. The first kappa shape index (κ1) is 20.8. The molecule has 1 aromatic heterocycles. The molecule has 0 radical (unpaired) electrons. The van der Waals surface area contributed by atoms with Crippen molar-refractivity contribution in [3.63, 3.8) is 0 Å². The summed E-state index contributed by atoms with van der Waals surface area (Å²) in [7, 11) is 1.79. The fourth-order valence-corrected chi connectivity index (χ4v) is 3.64. The molecule has 2 amide bonds. The summed E-state index contributed by atoms with van der Waals surface area (Å²) in [5, 5.41) is 7.57. The first-order valence-corrected chi connectivity index (χ1v) is 10.5. The number of amides is 2. The average Bonchev–Trinajstić information content (AvgIpc) is 3.25. The Morgan fingerprint density at radius 2 is 1.87 bits per heavy atom. The number of benzene rings is 2. The van der Waals surface area contributed by atoms with Crippen LogP contribution in [0.3, 0.4) is 0 Å². The number of para-hydroxylation sites is 1. The summed E-state index contributed by atoms with van der Waals surface area (Å²) in [6.07, 6.45) is 3.73. The van der Waals surface area contributed by atoms with Crippen molar-refractivity contribution in [2.45, 2.75) is 26.4 Å². The Labute approximate surface area is 182 Å². The van der Waals surface area contributed by atoms with E-state index >= 15 is 0 Å². The van der Waals surface area contributed by atoms with E-state index in [1.165, 1.54) is 0 Å². The van der Waals surface area contributed by atoms with Gasteiger partial charge in [0.1, 0.15) is 13.2 Å². The Balaban J connectivity index is 1.43. The molecule has 4 rings (SSSR count). The molecule has 2 aromatic carbocycles. The molecule has 0 spiro atoms.